The highest BCUT2D eigenvalue weighted by Gasteiger charge is 2.46. The van der Waals surface area contributed by atoms with E-state index < -0.39 is 18.2 Å². The molecule has 0 aliphatic carbocycles. The van der Waals surface area contributed by atoms with Crippen molar-refractivity contribution in [3.63, 3.8) is 0 Å². The quantitative estimate of drug-likeness (QED) is 0.832. The van der Waals surface area contributed by atoms with Gasteiger partial charge in [-0.15, -0.1) is 12.4 Å². The van der Waals surface area contributed by atoms with E-state index in [0.717, 1.165) is 31.5 Å². The van der Waals surface area contributed by atoms with Crippen molar-refractivity contribution >= 4 is 24.4 Å². The number of hydrogen-bond acceptors (Lipinski definition) is 4. The lowest BCUT2D eigenvalue weighted by Crippen LogP contribution is -2.46. The summed E-state index contributed by atoms with van der Waals surface area (Å²) in [5, 5.41) is 0. The van der Waals surface area contributed by atoms with Crippen LogP contribution in [0, 0.1) is 0 Å². The fourth-order valence-corrected chi connectivity index (χ4v) is 2.80. The second kappa shape index (κ2) is 6.30. The van der Waals surface area contributed by atoms with E-state index in [9.17, 15) is 9.59 Å². The Hall–Kier alpha value is -1.82. The number of carbonyl (C=O) groups excluding carboxylic acids is 2. The van der Waals surface area contributed by atoms with Crippen LogP contribution < -0.4 is 0 Å². The van der Waals surface area contributed by atoms with E-state index in [2.05, 4.69) is 4.98 Å². The number of likely N-dealkylation sites (N-methyl/N-ethyl adjacent to an activating group) is 1. The molecule has 1 aromatic rings. The maximum Gasteiger partial charge on any atom is 0.411 e. The van der Waals surface area contributed by atoms with Crippen molar-refractivity contribution in [2.24, 2.45) is 0 Å². The molecule has 0 radical (unpaired) electrons. The number of cyclic esters (lactones) is 1. The Bertz CT molecular complexity index is 519. The van der Waals surface area contributed by atoms with Gasteiger partial charge in [-0.3, -0.25) is 14.7 Å². The van der Waals surface area contributed by atoms with Crippen molar-refractivity contribution in [3.05, 3.63) is 30.1 Å². The standard InChI is InChI=1S/C14H17N3O3.ClH/c1-16-11(13(18)17-8-2-3-9-17)12(20-14(16)19)10-4-6-15-7-5-10;/h4-7,11-12H,2-3,8-9H2,1H3;1H/t11-,12+;/m0./s1. The minimum Gasteiger partial charge on any atom is -0.438 e. The van der Waals surface area contributed by atoms with Gasteiger partial charge in [0, 0.05) is 32.5 Å². The van der Waals surface area contributed by atoms with Crippen LogP contribution in [0.5, 0.6) is 0 Å². The van der Waals surface area contributed by atoms with Crippen LogP contribution in [-0.4, -0.2) is 53.0 Å². The number of nitrogens with zero attached hydrogens (tertiary/aromatic N) is 3. The van der Waals surface area contributed by atoms with Gasteiger partial charge in [0.2, 0.25) is 5.91 Å². The minimum absolute atomic E-state index is 0. The summed E-state index contributed by atoms with van der Waals surface area (Å²) in [6.07, 6.45) is 4.32. The Labute approximate surface area is 129 Å². The molecule has 2 fully saturated rings. The van der Waals surface area contributed by atoms with Crippen LogP contribution in [0.4, 0.5) is 4.79 Å². The predicted molar refractivity (Wildman–Crippen MR) is 78.1 cm³/mol. The zero-order valence-electron chi connectivity index (χ0n) is 11.8. The number of likely N-dealkylation sites (tertiary alicyclic amines) is 1. The molecule has 2 aliphatic rings. The van der Waals surface area contributed by atoms with Crippen molar-refractivity contribution < 1.29 is 14.3 Å². The summed E-state index contributed by atoms with van der Waals surface area (Å²) in [5.41, 5.74) is 0.801. The lowest BCUT2D eigenvalue weighted by molar-refractivity contribution is -0.135. The number of ether oxygens (including phenoxy) is 1. The second-order valence-electron chi connectivity index (χ2n) is 5.17. The maximum atomic E-state index is 12.6. The maximum absolute atomic E-state index is 12.6. The summed E-state index contributed by atoms with van der Waals surface area (Å²) in [4.78, 5) is 31.6. The summed E-state index contributed by atoms with van der Waals surface area (Å²) in [5.74, 6) is -0.0299. The predicted octanol–water partition coefficient (Wildman–Crippen LogP) is 1.62. The van der Waals surface area contributed by atoms with Gasteiger partial charge in [-0.1, -0.05) is 0 Å². The lowest BCUT2D eigenvalue weighted by Gasteiger charge is -2.25. The third kappa shape index (κ3) is 2.81. The summed E-state index contributed by atoms with van der Waals surface area (Å²) in [6.45, 7) is 1.53. The van der Waals surface area contributed by atoms with Crippen molar-refractivity contribution in [2.45, 2.75) is 25.0 Å². The number of hydrogen-bond donors (Lipinski definition) is 0. The van der Waals surface area contributed by atoms with Gasteiger partial charge in [0.05, 0.1) is 0 Å². The fraction of sp³-hybridized carbons (Fsp3) is 0.500. The van der Waals surface area contributed by atoms with E-state index in [4.69, 9.17) is 4.74 Å². The van der Waals surface area contributed by atoms with Gasteiger partial charge in [0.1, 0.15) is 0 Å². The highest BCUT2D eigenvalue weighted by molar-refractivity contribution is 5.89. The van der Waals surface area contributed by atoms with E-state index in [1.807, 2.05) is 4.90 Å². The summed E-state index contributed by atoms with van der Waals surface area (Å²) < 4.78 is 5.36. The van der Waals surface area contributed by atoms with Crippen molar-refractivity contribution in [3.8, 4) is 0 Å². The Morgan fingerprint density at radius 3 is 2.52 bits per heavy atom. The molecule has 2 amide bonds. The van der Waals surface area contributed by atoms with Gasteiger partial charge >= 0.3 is 6.09 Å². The molecule has 7 heteroatoms. The number of pyridine rings is 1. The van der Waals surface area contributed by atoms with Crippen LogP contribution in [0.25, 0.3) is 0 Å². The van der Waals surface area contributed by atoms with Crippen LogP contribution in [-0.2, 0) is 9.53 Å². The van der Waals surface area contributed by atoms with Gasteiger partial charge in [-0.25, -0.2) is 4.79 Å². The Kier molecular flexibility index (Phi) is 4.67. The van der Waals surface area contributed by atoms with Gasteiger partial charge in [0.15, 0.2) is 12.1 Å². The second-order valence-corrected chi connectivity index (χ2v) is 5.17. The highest BCUT2D eigenvalue weighted by Crippen LogP contribution is 2.33. The Balaban J connectivity index is 0.00000161. The molecule has 2 atom stereocenters. The summed E-state index contributed by atoms with van der Waals surface area (Å²) >= 11 is 0. The molecule has 3 heterocycles. The van der Waals surface area contributed by atoms with Crippen molar-refractivity contribution in [1.82, 2.24) is 14.8 Å². The van der Waals surface area contributed by atoms with Crippen LogP contribution in [0.2, 0.25) is 0 Å². The van der Waals surface area contributed by atoms with Gasteiger partial charge < -0.3 is 9.64 Å². The number of carbonyl (C=O) groups is 2. The zero-order chi connectivity index (χ0) is 14.1. The molecule has 0 bridgehead atoms. The summed E-state index contributed by atoms with van der Waals surface area (Å²) in [7, 11) is 1.61. The Morgan fingerprint density at radius 2 is 1.90 bits per heavy atom. The van der Waals surface area contributed by atoms with Gasteiger partial charge in [-0.2, -0.15) is 0 Å². The highest BCUT2D eigenvalue weighted by atomic mass is 35.5. The molecule has 2 aliphatic heterocycles. The smallest absolute Gasteiger partial charge is 0.411 e. The van der Waals surface area contributed by atoms with E-state index in [1.54, 1.807) is 31.6 Å². The molecule has 0 unspecified atom stereocenters. The molecule has 6 nitrogen and oxygen atoms in total. The first-order valence-electron chi connectivity index (χ1n) is 6.80. The average Bonchev–Trinajstić information content (AvgIpc) is 3.09. The topological polar surface area (TPSA) is 62.7 Å². The van der Waals surface area contributed by atoms with E-state index >= 15 is 0 Å². The van der Waals surface area contributed by atoms with Crippen LogP contribution in [0.15, 0.2) is 24.5 Å². The summed E-state index contributed by atoms with van der Waals surface area (Å²) in [6, 6.07) is 2.98. The Morgan fingerprint density at radius 1 is 1.29 bits per heavy atom. The number of rotatable bonds is 2. The van der Waals surface area contributed by atoms with Crippen LogP contribution in [0.3, 0.4) is 0 Å². The molecule has 0 aromatic carbocycles. The van der Waals surface area contributed by atoms with E-state index in [0.29, 0.717) is 0 Å². The number of amides is 2. The molecule has 114 valence electrons. The zero-order valence-corrected chi connectivity index (χ0v) is 12.6. The van der Waals surface area contributed by atoms with Gasteiger partial charge in [-0.05, 0) is 30.5 Å². The minimum atomic E-state index is -0.581. The SMILES string of the molecule is CN1C(=O)O[C@H](c2ccncc2)[C@H]1C(=O)N1CCCC1.Cl. The molecule has 0 saturated carbocycles. The molecular weight excluding hydrogens is 294 g/mol. The van der Waals surface area contributed by atoms with Crippen molar-refractivity contribution in [2.75, 3.05) is 20.1 Å². The largest absolute Gasteiger partial charge is 0.438 e. The molecule has 1 aromatic heterocycles. The fourth-order valence-electron chi connectivity index (χ4n) is 2.80. The van der Waals surface area contributed by atoms with E-state index in [-0.39, 0.29) is 18.3 Å². The third-order valence-electron chi connectivity index (χ3n) is 3.93. The van der Waals surface area contributed by atoms with Crippen LogP contribution in [0.1, 0.15) is 24.5 Å². The average molecular weight is 312 g/mol. The number of halogens is 1. The van der Waals surface area contributed by atoms with Crippen molar-refractivity contribution in [1.29, 1.82) is 0 Å². The molecule has 0 N–H and O–H groups in total. The van der Waals surface area contributed by atoms with E-state index in [1.165, 1.54) is 4.90 Å². The molecule has 21 heavy (non-hydrogen) atoms. The van der Waals surface area contributed by atoms with Gasteiger partial charge in [0.25, 0.3) is 0 Å². The molecule has 3 rings (SSSR count). The molecule has 0 spiro atoms. The number of aromatic nitrogens is 1. The monoisotopic (exact) mass is 311 g/mol. The molecule has 2 saturated heterocycles. The molecular formula is C14H18ClN3O3. The first-order valence-corrected chi connectivity index (χ1v) is 6.80. The lowest BCUT2D eigenvalue weighted by atomic mass is 10.0. The van der Waals surface area contributed by atoms with Crippen LogP contribution >= 0.6 is 12.4 Å². The third-order valence-corrected chi connectivity index (χ3v) is 3.93. The first-order chi connectivity index (χ1) is 9.68. The first kappa shape index (κ1) is 15.6. The normalized spacial score (nSPS) is 24.7.